The summed E-state index contributed by atoms with van der Waals surface area (Å²) in [5.41, 5.74) is 0.771. The number of allylic oxidation sites excluding steroid dienone is 1. The van der Waals surface area contributed by atoms with E-state index in [2.05, 4.69) is 30.9 Å². The van der Waals surface area contributed by atoms with Crippen LogP contribution in [0.25, 0.3) is 5.57 Å². The van der Waals surface area contributed by atoms with Crippen molar-refractivity contribution in [2.24, 2.45) is 0 Å². The van der Waals surface area contributed by atoms with Crippen LogP contribution in [0, 0.1) is 9.54 Å². The van der Waals surface area contributed by atoms with Gasteiger partial charge in [0, 0.05) is 5.57 Å². The molecule has 0 saturated carbocycles. The fourth-order valence-electron chi connectivity index (χ4n) is 1.30. The molecule has 10 heteroatoms. The normalized spacial score (nSPS) is 14.6. The van der Waals surface area contributed by atoms with E-state index in [1.807, 2.05) is 6.92 Å². The number of hydrogen-bond acceptors (Lipinski definition) is 5. The minimum absolute atomic E-state index is 0.313. The highest BCUT2D eigenvalue weighted by molar-refractivity contribution is 7.81. The smallest absolute Gasteiger partial charge is 0.200 e. The lowest BCUT2D eigenvalue weighted by atomic mass is 10.2. The fourth-order valence-corrected chi connectivity index (χ4v) is 2.22. The maximum atomic E-state index is 5.02. The molecule has 2 heterocycles. The molecule has 0 amide bonds. The molecule has 0 atom stereocenters. The highest BCUT2D eigenvalue weighted by Crippen LogP contribution is 2.11. The molecule has 0 radical (unpaired) electrons. The van der Waals surface area contributed by atoms with E-state index in [1.54, 1.807) is 0 Å². The van der Waals surface area contributed by atoms with Gasteiger partial charge in [0.1, 0.15) is 11.6 Å². The summed E-state index contributed by atoms with van der Waals surface area (Å²) in [6.07, 6.45) is 0. The van der Waals surface area contributed by atoms with Crippen molar-refractivity contribution in [3.63, 3.8) is 0 Å². The van der Waals surface area contributed by atoms with Gasteiger partial charge in [-0.15, -0.1) is 0 Å². The first-order valence-corrected chi connectivity index (χ1v) is 6.40. The predicted molar refractivity (Wildman–Crippen MR) is 81.8 cm³/mol. The zero-order valence-electron chi connectivity index (χ0n) is 9.08. The number of nitrogens with one attached hydrogen (secondary N) is 5. The summed E-state index contributed by atoms with van der Waals surface area (Å²) in [7, 11) is 0. The molecule has 1 saturated heterocycles. The Kier molecular flexibility index (Phi) is 3.80. The first-order chi connectivity index (χ1) is 8.45. The summed E-state index contributed by atoms with van der Waals surface area (Å²) in [5, 5.41) is 9.51. The number of aromatic amines is 2. The quantitative estimate of drug-likeness (QED) is 0.495. The zero-order chi connectivity index (χ0) is 13.3. The third-order valence-electron chi connectivity index (χ3n) is 2.10. The molecule has 18 heavy (non-hydrogen) atoms. The van der Waals surface area contributed by atoms with Gasteiger partial charge in [0.05, 0.1) is 0 Å². The van der Waals surface area contributed by atoms with Crippen LogP contribution in [0.2, 0.25) is 0 Å². The second kappa shape index (κ2) is 5.18. The molecule has 2 rings (SSSR count). The third kappa shape index (κ3) is 2.96. The molecule has 1 aliphatic heterocycles. The average molecular weight is 316 g/mol. The molecule has 1 fully saturated rings. The minimum atomic E-state index is 0.313. The van der Waals surface area contributed by atoms with Gasteiger partial charge in [-0.1, -0.05) is 0 Å². The number of aromatic nitrogens is 3. The third-order valence-corrected chi connectivity index (χ3v) is 2.91. The van der Waals surface area contributed by atoms with Gasteiger partial charge < -0.3 is 25.9 Å². The number of nitrogens with zero attached hydrogens (tertiary/aromatic N) is 1. The lowest BCUT2D eigenvalue weighted by Gasteiger charge is -2.23. The van der Waals surface area contributed by atoms with Crippen LogP contribution in [-0.4, -0.2) is 25.2 Å². The Bertz CT molecular complexity index is 622. The molecule has 0 aliphatic carbocycles. The van der Waals surface area contributed by atoms with Crippen molar-refractivity contribution < 1.29 is 0 Å². The summed E-state index contributed by atoms with van der Waals surface area (Å²) in [6.45, 7) is 1.84. The van der Waals surface area contributed by atoms with E-state index in [1.165, 1.54) is 0 Å². The Hall–Kier alpha value is -1.23. The Morgan fingerprint density at radius 1 is 0.944 bits per heavy atom. The molecule has 1 aliphatic rings. The highest BCUT2D eigenvalue weighted by Gasteiger charge is 2.15. The summed E-state index contributed by atoms with van der Waals surface area (Å²) in [5.74, 6) is 1.19. The average Bonchev–Trinajstić information content (AvgIpc) is 2.25. The lowest BCUT2D eigenvalue weighted by Crippen LogP contribution is -2.53. The van der Waals surface area contributed by atoms with Gasteiger partial charge in [0.2, 0.25) is 4.77 Å². The second-order valence-electron chi connectivity index (χ2n) is 3.38. The molecular weight excluding hydrogens is 308 g/mol. The molecule has 0 bridgehead atoms. The van der Waals surface area contributed by atoms with Crippen molar-refractivity contribution in [2.75, 3.05) is 0 Å². The molecule has 1 aromatic rings. The fraction of sp³-hybridized carbons (Fsp3) is 0.125. The van der Waals surface area contributed by atoms with Crippen LogP contribution in [-0.2, 0) is 0 Å². The van der Waals surface area contributed by atoms with Crippen molar-refractivity contribution in [1.29, 1.82) is 0 Å². The number of thiocarbonyl (C=S) groups is 2. The van der Waals surface area contributed by atoms with Gasteiger partial charge in [-0.2, -0.15) is 0 Å². The monoisotopic (exact) mass is 316 g/mol. The summed E-state index contributed by atoms with van der Waals surface area (Å²) >= 11 is 20.0. The molecule has 6 nitrogen and oxygen atoms in total. The van der Waals surface area contributed by atoms with Crippen molar-refractivity contribution in [3.8, 4) is 0 Å². The van der Waals surface area contributed by atoms with Crippen molar-refractivity contribution in [1.82, 2.24) is 30.9 Å². The molecule has 1 aromatic heterocycles. The van der Waals surface area contributed by atoms with Crippen LogP contribution >= 0.6 is 48.9 Å². The van der Waals surface area contributed by atoms with E-state index in [-0.39, 0.29) is 0 Å². The SMILES string of the molecule is CC(=C1NC(=S)NC(=S)N1)c1nc(=S)[nH]c(=S)[nH]1. The van der Waals surface area contributed by atoms with Crippen molar-refractivity contribution in [3.05, 3.63) is 21.2 Å². The largest absolute Gasteiger partial charge is 0.318 e. The molecule has 0 unspecified atom stereocenters. The first-order valence-electron chi connectivity index (χ1n) is 4.76. The maximum absolute atomic E-state index is 5.02. The molecular formula is C8H8N6S4. The Labute approximate surface area is 123 Å². The van der Waals surface area contributed by atoms with Crippen LogP contribution in [0.1, 0.15) is 12.7 Å². The van der Waals surface area contributed by atoms with E-state index < -0.39 is 0 Å². The number of rotatable bonds is 1. The van der Waals surface area contributed by atoms with Crippen LogP contribution in [0.5, 0.6) is 0 Å². The summed E-state index contributed by atoms with van der Waals surface area (Å²) < 4.78 is 0.719. The van der Waals surface area contributed by atoms with Crippen molar-refractivity contribution >= 4 is 64.7 Å². The van der Waals surface area contributed by atoms with Gasteiger partial charge in [-0.25, -0.2) is 4.98 Å². The van der Waals surface area contributed by atoms with Gasteiger partial charge in [-0.05, 0) is 55.8 Å². The van der Waals surface area contributed by atoms with E-state index in [9.17, 15) is 0 Å². The van der Waals surface area contributed by atoms with Crippen molar-refractivity contribution in [2.45, 2.75) is 6.92 Å². The molecule has 0 spiro atoms. The Morgan fingerprint density at radius 3 is 2.11 bits per heavy atom. The van der Waals surface area contributed by atoms with Crippen LogP contribution in [0.4, 0.5) is 0 Å². The minimum Gasteiger partial charge on any atom is -0.318 e. The van der Waals surface area contributed by atoms with Crippen LogP contribution in [0.3, 0.4) is 0 Å². The standard InChI is InChI=1S/C8H8N6S4/c1-2(3-9-5(15)13-6(16)10-3)4-11-7(17)14-8(18)12-4/h1H3,(H2,9,10,13,15,16)(H3,11,12,14,17,18). The van der Waals surface area contributed by atoms with Gasteiger partial charge in [0.25, 0.3) is 0 Å². The van der Waals surface area contributed by atoms with Crippen LogP contribution in [0.15, 0.2) is 5.82 Å². The van der Waals surface area contributed by atoms with Gasteiger partial charge in [-0.3, -0.25) is 0 Å². The highest BCUT2D eigenvalue weighted by atomic mass is 32.1. The topological polar surface area (TPSA) is 80.6 Å². The number of hydrogen-bond donors (Lipinski definition) is 5. The molecule has 94 valence electrons. The predicted octanol–water partition coefficient (Wildman–Crippen LogP) is 1.24. The summed E-state index contributed by atoms with van der Waals surface area (Å²) in [4.78, 5) is 9.78. The maximum Gasteiger partial charge on any atom is 0.200 e. The van der Waals surface area contributed by atoms with E-state index in [4.69, 9.17) is 48.9 Å². The molecule has 5 N–H and O–H groups in total. The Morgan fingerprint density at radius 2 is 1.56 bits per heavy atom. The zero-order valence-corrected chi connectivity index (χ0v) is 12.3. The van der Waals surface area contributed by atoms with E-state index in [0.717, 1.165) is 5.57 Å². The summed E-state index contributed by atoms with van der Waals surface area (Å²) in [6, 6.07) is 0. The lowest BCUT2D eigenvalue weighted by molar-refractivity contribution is 0.901. The molecule has 0 aromatic carbocycles. The van der Waals surface area contributed by atoms with Gasteiger partial charge in [0.15, 0.2) is 15.0 Å². The van der Waals surface area contributed by atoms with E-state index >= 15 is 0 Å². The van der Waals surface area contributed by atoms with Gasteiger partial charge >= 0.3 is 0 Å². The van der Waals surface area contributed by atoms with Crippen LogP contribution < -0.4 is 16.0 Å². The number of H-pyrrole nitrogens is 2. The second-order valence-corrected chi connectivity index (χ2v) is 4.99. The Balaban J connectivity index is 2.48. The first kappa shape index (κ1) is 13.2. The van der Waals surface area contributed by atoms with E-state index in [0.29, 0.717) is 31.4 Å².